The third-order valence-electron chi connectivity index (χ3n) is 3.52. The van der Waals surface area contributed by atoms with E-state index >= 15 is 0 Å². The van der Waals surface area contributed by atoms with Gasteiger partial charge in [0, 0.05) is 25.4 Å². The third-order valence-corrected chi connectivity index (χ3v) is 3.52. The van der Waals surface area contributed by atoms with Crippen LogP contribution in [0.15, 0.2) is 18.3 Å². The maximum absolute atomic E-state index is 12.0. The molecule has 2 atom stereocenters. The first-order valence-electron chi connectivity index (χ1n) is 7.67. The lowest BCUT2D eigenvalue weighted by Crippen LogP contribution is -2.39. The van der Waals surface area contributed by atoms with Gasteiger partial charge in [0.15, 0.2) is 0 Å². The normalized spacial score (nSPS) is 21.3. The summed E-state index contributed by atoms with van der Waals surface area (Å²) in [6.07, 6.45) is 0.658. The van der Waals surface area contributed by atoms with Crippen LogP contribution in [0, 0.1) is 0 Å². The smallest absolute Gasteiger partial charge is 0.410 e. The molecule has 0 spiro atoms. The summed E-state index contributed by atoms with van der Waals surface area (Å²) in [7, 11) is 1.57. The van der Waals surface area contributed by atoms with Crippen LogP contribution < -0.4 is 10.1 Å². The van der Waals surface area contributed by atoms with Crippen molar-refractivity contribution >= 4 is 6.09 Å². The number of carbonyl (C=O) groups is 1. The number of hydrogen-bond donors (Lipinski definition) is 2. The Morgan fingerprint density at radius 1 is 1.48 bits per heavy atom. The van der Waals surface area contributed by atoms with Crippen LogP contribution in [0.5, 0.6) is 5.88 Å². The van der Waals surface area contributed by atoms with Crippen molar-refractivity contribution in [1.82, 2.24) is 15.2 Å². The minimum absolute atomic E-state index is 0.193. The van der Waals surface area contributed by atoms with Gasteiger partial charge in [-0.3, -0.25) is 0 Å². The van der Waals surface area contributed by atoms with Crippen molar-refractivity contribution in [2.75, 3.05) is 20.2 Å². The molecule has 0 saturated carbocycles. The minimum Gasteiger partial charge on any atom is -0.481 e. The molecular weight excluding hydrogens is 298 g/mol. The zero-order chi connectivity index (χ0) is 17.0. The summed E-state index contributed by atoms with van der Waals surface area (Å²) in [5.41, 5.74) is 0.459. The Bertz CT molecular complexity index is 544. The minimum atomic E-state index is -0.619. The zero-order valence-electron chi connectivity index (χ0n) is 14.1. The predicted molar refractivity (Wildman–Crippen MR) is 85.2 cm³/mol. The molecule has 1 amide bonds. The highest BCUT2D eigenvalue weighted by molar-refractivity contribution is 5.68. The molecule has 0 aromatic carbocycles. The van der Waals surface area contributed by atoms with Crippen LogP contribution in [0.1, 0.15) is 26.3 Å². The molecule has 2 N–H and O–H groups in total. The Morgan fingerprint density at radius 3 is 2.87 bits per heavy atom. The van der Waals surface area contributed by atoms with Gasteiger partial charge in [0.2, 0.25) is 5.88 Å². The molecule has 0 bridgehead atoms. The number of nitrogens with zero attached hydrogens (tertiary/aromatic N) is 2. The van der Waals surface area contributed by atoms with Crippen LogP contribution in [-0.2, 0) is 11.3 Å². The number of ether oxygens (including phenoxy) is 2. The van der Waals surface area contributed by atoms with Crippen molar-refractivity contribution in [1.29, 1.82) is 0 Å². The fraction of sp³-hybridized carbons (Fsp3) is 0.625. The quantitative estimate of drug-likeness (QED) is 0.865. The maximum Gasteiger partial charge on any atom is 0.410 e. The number of carbonyl (C=O) groups excluding carboxylic acids is 1. The molecule has 0 aliphatic carbocycles. The molecule has 7 heteroatoms. The molecule has 1 fully saturated rings. The Morgan fingerprint density at radius 2 is 2.22 bits per heavy atom. The molecule has 0 radical (unpaired) electrons. The number of aliphatic hydroxyl groups excluding tert-OH is 1. The fourth-order valence-electron chi connectivity index (χ4n) is 2.38. The van der Waals surface area contributed by atoms with Gasteiger partial charge in [0.05, 0.1) is 25.8 Å². The Kier molecular flexibility index (Phi) is 5.43. The lowest BCUT2D eigenvalue weighted by atomic mass is 10.2. The van der Waals surface area contributed by atoms with Gasteiger partial charge in [0.25, 0.3) is 0 Å². The summed E-state index contributed by atoms with van der Waals surface area (Å²) in [4.78, 5) is 17.6. The SMILES string of the molecule is COc1cc(CN[C@@H]2CN(C(=O)OC(C)(C)C)C[C@H]2O)ccn1. The highest BCUT2D eigenvalue weighted by atomic mass is 16.6. The van der Waals surface area contributed by atoms with Gasteiger partial charge in [0.1, 0.15) is 5.60 Å². The molecule has 128 valence electrons. The van der Waals surface area contributed by atoms with Crippen molar-refractivity contribution in [2.24, 2.45) is 0 Å². The van der Waals surface area contributed by atoms with Crippen LogP contribution in [0.25, 0.3) is 0 Å². The van der Waals surface area contributed by atoms with Gasteiger partial charge in [-0.25, -0.2) is 9.78 Å². The molecule has 23 heavy (non-hydrogen) atoms. The van der Waals surface area contributed by atoms with E-state index in [-0.39, 0.29) is 12.6 Å². The average Bonchev–Trinajstić information content (AvgIpc) is 2.85. The summed E-state index contributed by atoms with van der Waals surface area (Å²) in [5.74, 6) is 0.548. The second kappa shape index (κ2) is 7.14. The first kappa shape index (κ1) is 17.5. The first-order chi connectivity index (χ1) is 10.8. The molecule has 1 aliphatic heterocycles. The van der Waals surface area contributed by atoms with Crippen LogP contribution in [0.3, 0.4) is 0 Å². The predicted octanol–water partition coefficient (Wildman–Crippen LogP) is 1.16. The van der Waals surface area contributed by atoms with Crippen molar-refractivity contribution < 1.29 is 19.4 Å². The van der Waals surface area contributed by atoms with Crippen LogP contribution in [0.4, 0.5) is 4.79 Å². The van der Waals surface area contributed by atoms with E-state index in [0.29, 0.717) is 19.0 Å². The van der Waals surface area contributed by atoms with Gasteiger partial charge in [-0.1, -0.05) is 0 Å². The Hall–Kier alpha value is -1.86. The molecule has 2 heterocycles. The van der Waals surface area contributed by atoms with Crippen LogP contribution >= 0.6 is 0 Å². The maximum atomic E-state index is 12.0. The molecule has 0 unspecified atom stereocenters. The topological polar surface area (TPSA) is 83.9 Å². The second-order valence-electron chi connectivity index (χ2n) is 6.65. The van der Waals surface area contributed by atoms with Gasteiger partial charge >= 0.3 is 6.09 Å². The van der Waals surface area contributed by atoms with Gasteiger partial charge < -0.3 is 24.8 Å². The number of aliphatic hydroxyl groups is 1. The summed E-state index contributed by atoms with van der Waals surface area (Å²) in [5, 5.41) is 13.4. The summed E-state index contributed by atoms with van der Waals surface area (Å²) >= 11 is 0. The zero-order valence-corrected chi connectivity index (χ0v) is 14.1. The number of amides is 1. The van der Waals surface area contributed by atoms with E-state index in [1.165, 1.54) is 4.90 Å². The molecule has 7 nitrogen and oxygen atoms in total. The van der Waals surface area contributed by atoms with Gasteiger partial charge in [-0.2, -0.15) is 0 Å². The number of β-amino-alcohol motifs (C(OH)–C–C–N with tert-alkyl or cyclic N) is 1. The van der Waals surface area contributed by atoms with Crippen molar-refractivity contribution in [2.45, 2.75) is 45.1 Å². The van der Waals surface area contributed by atoms with Crippen molar-refractivity contribution in [3.63, 3.8) is 0 Å². The van der Waals surface area contributed by atoms with E-state index in [9.17, 15) is 9.90 Å². The van der Waals surface area contributed by atoms with E-state index < -0.39 is 17.8 Å². The molecule has 1 aromatic rings. The summed E-state index contributed by atoms with van der Waals surface area (Å²) < 4.78 is 10.4. The van der Waals surface area contributed by atoms with Crippen LogP contribution in [0.2, 0.25) is 0 Å². The van der Waals surface area contributed by atoms with Gasteiger partial charge in [-0.05, 0) is 32.4 Å². The number of methoxy groups -OCH3 is 1. The lowest BCUT2D eigenvalue weighted by molar-refractivity contribution is 0.0270. The van der Waals surface area contributed by atoms with E-state index in [0.717, 1.165) is 5.56 Å². The number of aromatic nitrogens is 1. The molecular formula is C16H25N3O4. The van der Waals surface area contributed by atoms with Crippen LogP contribution in [-0.4, -0.2) is 59.0 Å². The van der Waals surface area contributed by atoms with Gasteiger partial charge in [-0.15, -0.1) is 0 Å². The molecule has 1 aromatic heterocycles. The standard InChI is InChI=1S/C16H25N3O4/c1-16(2,3)23-15(21)19-9-12(13(20)10-19)18-8-11-5-6-17-14(7-11)22-4/h5-7,12-13,18,20H,8-10H2,1-4H3/t12-,13-/m1/s1. The number of hydrogen-bond acceptors (Lipinski definition) is 6. The highest BCUT2D eigenvalue weighted by Crippen LogP contribution is 2.16. The van der Waals surface area contributed by atoms with E-state index in [4.69, 9.17) is 9.47 Å². The summed E-state index contributed by atoms with van der Waals surface area (Å²) in [6, 6.07) is 3.52. The third kappa shape index (κ3) is 5.07. The van der Waals surface area contributed by atoms with E-state index in [2.05, 4.69) is 10.3 Å². The summed E-state index contributed by atoms with van der Waals surface area (Å²) in [6.45, 7) is 6.71. The fourth-order valence-corrected chi connectivity index (χ4v) is 2.38. The number of pyridine rings is 1. The van der Waals surface area contributed by atoms with Crippen molar-refractivity contribution in [3.05, 3.63) is 23.9 Å². The Labute approximate surface area is 136 Å². The average molecular weight is 323 g/mol. The molecule has 1 saturated heterocycles. The monoisotopic (exact) mass is 323 g/mol. The largest absolute Gasteiger partial charge is 0.481 e. The number of rotatable bonds is 4. The number of likely N-dealkylation sites (tertiary alicyclic amines) is 1. The van der Waals surface area contributed by atoms with E-state index in [1.54, 1.807) is 13.3 Å². The highest BCUT2D eigenvalue weighted by Gasteiger charge is 2.35. The number of nitrogens with one attached hydrogen (secondary N) is 1. The first-order valence-corrected chi connectivity index (χ1v) is 7.67. The van der Waals surface area contributed by atoms with E-state index in [1.807, 2.05) is 32.9 Å². The van der Waals surface area contributed by atoms with Crippen molar-refractivity contribution in [3.8, 4) is 5.88 Å². The molecule has 1 aliphatic rings. The lowest BCUT2D eigenvalue weighted by Gasteiger charge is -2.24. The second-order valence-corrected chi connectivity index (χ2v) is 6.65. The molecule has 2 rings (SSSR count). The Balaban J connectivity index is 1.88.